The maximum absolute atomic E-state index is 14.7. The monoisotopic (exact) mass is 651 g/mol. The van der Waals surface area contributed by atoms with Crippen molar-refractivity contribution in [2.45, 2.75) is 51.0 Å². The summed E-state index contributed by atoms with van der Waals surface area (Å²) >= 11 is 0. The SMILES string of the molecule is COc1ncc(-c2cc(C(F)(F)F)c3c(NC(=O)C(C)(C)F)ncnn23)cc1C(=O)N[C@@H]1CN(C(=O)[C@H](C)C(F)(F)F)C[C@@H]1F. The predicted molar refractivity (Wildman–Crippen MR) is 140 cm³/mol. The minimum absolute atomic E-state index is 0.146. The Balaban J connectivity index is 1.70. The number of amides is 3. The maximum atomic E-state index is 14.7. The second kappa shape index (κ2) is 11.7. The van der Waals surface area contributed by atoms with Crippen molar-refractivity contribution in [2.75, 3.05) is 25.5 Å². The molecular formula is C26H25F8N7O4. The maximum Gasteiger partial charge on any atom is 0.418 e. The fraction of sp³-hybridized carbons (Fsp3) is 0.462. The number of nitrogens with one attached hydrogen (secondary N) is 2. The summed E-state index contributed by atoms with van der Waals surface area (Å²) in [5.41, 5.74) is -5.40. The van der Waals surface area contributed by atoms with E-state index >= 15 is 0 Å². The first-order valence-corrected chi connectivity index (χ1v) is 13.0. The van der Waals surface area contributed by atoms with Gasteiger partial charge in [-0.2, -0.15) is 31.4 Å². The number of carbonyl (C=O) groups excluding carboxylic acids is 3. The van der Waals surface area contributed by atoms with Gasteiger partial charge in [0, 0.05) is 18.3 Å². The van der Waals surface area contributed by atoms with Gasteiger partial charge in [0.2, 0.25) is 11.8 Å². The van der Waals surface area contributed by atoms with Crippen molar-refractivity contribution in [2.24, 2.45) is 5.92 Å². The highest BCUT2D eigenvalue weighted by Crippen LogP contribution is 2.40. The average Bonchev–Trinajstić information content (AvgIpc) is 3.52. The van der Waals surface area contributed by atoms with Crippen molar-refractivity contribution in [3.05, 3.63) is 35.8 Å². The van der Waals surface area contributed by atoms with Crippen LogP contribution in [0.4, 0.5) is 40.9 Å². The van der Waals surface area contributed by atoms with E-state index < -0.39 is 89.4 Å². The molecule has 0 saturated carbocycles. The molecule has 0 aromatic carbocycles. The Labute approximate surface area is 248 Å². The fourth-order valence-corrected chi connectivity index (χ4v) is 4.47. The molecule has 3 aromatic heterocycles. The van der Waals surface area contributed by atoms with E-state index in [1.54, 1.807) is 0 Å². The highest BCUT2D eigenvalue weighted by molar-refractivity contribution is 6.00. The van der Waals surface area contributed by atoms with E-state index in [-0.39, 0.29) is 17.1 Å². The number of pyridine rings is 1. The van der Waals surface area contributed by atoms with Gasteiger partial charge in [-0.15, -0.1) is 0 Å². The molecule has 0 aliphatic carbocycles. The van der Waals surface area contributed by atoms with Crippen molar-refractivity contribution in [3.63, 3.8) is 0 Å². The van der Waals surface area contributed by atoms with E-state index in [1.807, 2.05) is 5.32 Å². The lowest BCUT2D eigenvalue weighted by Crippen LogP contribution is -2.43. The van der Waals surface area contributed by atoms with E-state index in [0.29, 0.717) is 17.9 Å². The first-order chi connectivity index (χ1) is 20.7. The summed E-state index contributed by atoms with van der Waals surface area (Å²) < 4.78 is 116. The molecule has 0 spiro atoms. The van der Waals surface area contributed by atoms with Crippen molar-refractivity contribution in [1.29, 1.82) is 0 Å². The lowest BCUT2D eigenvalue weighted by molar-refractivity contribution is -0.185. The molecule has 3 amide bonds. The molecule has 11 nitrogen and oxygen atoms in total. The van der Waals surface area contributed by atoms with Crippen molar-refractivity contribution in [1.82, 2.24) is 29.8 Å². The Morgan fingerprint density at radius 3 is 2.29 bits per heavy atom. The van der Waals surface area contributed by atoms with Crippen LogP contribution in [-0.2, 0) is 15.8 Å². The third-order valence-electron chi connectivity index (χ3n) is 6.95. The number of likely N-dealkylation sites (tertiary alicyclic amines) is 1. The van der Waals surface area contributed by atoms with E-state index in [4.69, 9.17) is 4.74 Å². The lowest BCUT2D eigenvalue weighted by atomic mass is 10.1. The minimum Gasteiger partial charge on any atom is -0.480 e. The van der Waals surface area contributed by atoms with Crippen LogP contribution in [0.2, 0.25) is 0 Å². The number of ether oxygens (including phenoxy) is 1. The summed E-state index contributed by atoms with van der Waals surface area (Å²) in [6.07, 6.45) is -9.99. The highest BCUT2D eigenvalue weighted by atomic mass is 19.4. The minimum atomic E-state index is -5.02. The van der Waals surface area contributed by atoms with Gasteiger partial charge in [-0.1, -0.05) is 0 Å². The first-order valence-electron chi connectivity index (χ1n) is 13.0. The van der Waals surface area contributed by atoms with Gasteiger partial charge in [-0.3, -0.25) is 14.4 Å². The molecule has 45 heavy (non-hydrogen) atoms. The van der Waals surface area contributed by atoms with E-state index in [2.05, 4.69) is 20.4 Å². The molecule has 1 fully saturated rings. The topological polar surface area (TPSA) is 131 Å². The first kappa shape index (κ1) is 33.3. The van der Waals surface area contributed by atoms with Crippen LogP contribution in [0.25, 0.3) is 16.8 Å². The second-order valence-electron chi connectivity index (χ2n) is 10.6. The molecule has 1 saturated heterocycles. The molecule has 2 N–H and O–H groups in total. The molecule has 0 radical (unpaired) electrons. The quantitative estimate of drug-likeness (QED) is 0.370. The number of halogens is 8. The van der Waals surface area contributed by atoms with Crippen molar-refractivity contribution < 1.29 is 54.2 Å². The number of aromatic nitrogens is 4. The smallest absolute Gasteiger partial charge is 0.418 e. The third kappa shape index (κ3) is 6.75. The van der Waals surface area contributed by atoms with Gasteiger partial charge in [0.25, 0.3) is 11.8 Å². The number of alkyl halides is 8. The Kier molecular flexibility index (Phi) is 8.69. The number of methoxy groups -OCH3 is 1. The van der Waals surface area contributed by atoms with Crippen LogP contribution < -0.4 is 15.4 Å². The molecule has 19 heteroatoms. The highest BCUT2D eigenvalue weighted by Gasteiger charge is 2.46. The lowest BCUT2D eigenvalue weighted by Gasteiger charge is -2.22. The van der Waals surface area contributed by atoms with Gasteiger partial charge in [0.1, 0.15) is 29.5 Å². The Morgan fingerprint density at radius 2 is 1.71 bits per heavy atom. The summed E-state index contributed by atoms with van der Waals surface area (Å²) in [6.45, 7) is 1.11. The summed E-state index contributed by atoms with van der Waals surface area (Å²) in [5, 5.41) is 8.10. The van der Waals surface area contributed by atoms with Crippen molar-refractivity contribution >= 4 is 29.1 Å². The fourth-order valence-electron chi connectivity index (χ4n) is 4.47. The number of nitrogens with zero attached hydrogens (tertiary/aromatic N) is 5. The number of fused-ring (bicyclic) bond motifs is 1. The number of anilines is 1. The van der Waals surface area contributed by atoms with Crippen LogP contribution in [0.15, 0.2) is 24.7 Å². The van der Waals surface area contributed by atoms with E-state index in [1.165, 1.54) is 0 Å². The molecule has 0 bridgehead atoms. The van der Waals surface area contributed by atoms with Gasteiger partial charge < -0.3 is 20.3 Å². The zero-order valence-corrected chi connectivity index (χ0v) is 23.8. The van der Waals surface area contributed by atoms with Crippen LogP contribution in [0.5, 0.6) is 5.88 Å². The molecule has 244 valence electrons. The van der Waals surface area contributed by atoms with E-state index in [9.17, 15) is 49.5 Å². The van der Waals surface area contributed by atoms with Gasteiger partial charge in [-0.05, 0) is 32.9 Å². The largest absolute Gasteiger partial charge is 0.480 e. The molecule has 3 aromatic rings. The zero-order valence-electron chi connectivity index (χ0n) is 23.8. The molecule has 0 unspecified atom stereocenters. The molecule has 3 atom stereocenters. The Morgan fingerprint density at radius 1 is 1.04 bits per heavy atom. The second-order valence-corrected chi connectivity index (χ2v) is 10.6. The number of carbonyl (C=O) groups is 3. The summed E-state index contributed by atoms with van der Waals surface area (Å²) in [4.78, 5) is 45.9. The molecular weight excluding hydrogens is 626 g/mol. The predicted octanol–water partition coefficient (Wildman–Crippen LogP) is 3.98. The summed E-state index contributed by atoms with van der Waals surface area (Å²) in [7, 11) is 1.12. The Hall–Kier alpha value is -4.58. The number of rotatable bonds is 7. The summed E-state index contributed by atoms with van der Waals surface area (Å²) in [5.74, 6) is -7.12. The van der Waals surface area contributed by atoms with Crippen LogP contribution >= 0.6 is 0 Å². The standard InChI is InChI=1S/C26H25F8N7O4/c1-11(25(29,30)31)22(43)40-8-15(27)16(9-40)38-20(42)13-5-12(7-35-21(13)45-4)17-6-14(26(32,33)34)18-19(36-10-37-41(17)18)39-23(44)24(2,3)28/h5-7,10-11,15-16H,8-9H2,1-4H3,(H,38,42)(H,36,37,39,44)/t11-,15-,16+/m0/s1. The van der Waals surface area contributed by atoms with Gasteiger partial charge in [0.15, 0.2) is 11.5 Å². The third-order valence-corrected chi connectivity index (χ3v) is 6.95. The van der Waals surface area contributed by atoms with Gasteiger partial charge >= 0.3 is 12.4 Å². The number of hydrogen-bond donors (Lipinski definition) is 2. The van der Waals surface area contributed by atoms with Gasteiger partial charge in [-0.25, -0.2) is 23.3 Å². The van der Waals surface area contributed by atoms with E-state index in [0.717, 1.165) is 44.1 Å². The average molecular weight is 652 g/mol. The molecule has 4 heterocycles. The van der Waals surface area contributed by atoms with Gasteiger partial charge in [0.05, 0.1) is 31.0 Å². The van der Waals surface area contributed by atoms with Crippen molar-refractivity contribution in [3.8, 4) is 17.1 Å². The van der Waals surface area contributed by atoms with Crippen LogP contribution in [0.1, 0.15) is 36.7 Å². The zero-order chi connectivity index (χ0) is 33.6. The van der Waals surface area contributed by atoms with Crippen LogP contribution in [0, 0.1) is 5.92 Å². The summed E-state index contributed by atoms with van der Waals surface area (Å²) in [6, 6.07) is 0.246. The van der Waals surface area contributed by atoms with Crippen LogP contribution in [-0.4, -0.2) is 86.5 Å². The molecule has 4 rings (SSSR count). The molecule has 1 aliphatic heterocycles. The number of hydrogen-bond acceptors (Lipinski definition) is 7. The normalized spacial score (nSPS) is 18.2. The van der Waals surface area contributed by atoms with Crippen LogP contribution in [0.3, 0.4) is 0 Å². The Bertz CT molecular complexity index is 1630. The molecule has 1 aliphatic rings.